The molecule has 0 saturated carbocycles. The third-order valence-corrected chi connectivity index (χ3v) is 5.98. The van der Waals surface area contributed by atoms with E-state index in [2.05, 4.69) is 48.7 Å². The molecule has 2 saturated heterocycles. The SMILES string of the molecule is c1csc(CN2CCCC(CNc3cc(N4CCOCC4)ncn3)C2)c1. The molecule has 2 aromatic heterocycles. The van der Waals surface area contributed by atoms with E-state index in [1.54, 1.807) is 6.33 Å². The number of hydrogen-bond acceptors (Lipinski definition) is 7. The molecule has 7 heteroatoms. The topological polar surface area (TPSA) is 53.5 Å². The lowest BCUT2D eigenvalue weighted by Crippen LogP contribution is -2.37. The van der Waals surface area contributed by atoms with Crippen LogP contribution >= 0.6 is 11.3 Å². The van der Waals surface area contributed by atoms with Crippen molar-refractivity contribution in [2.45, 2.75) is 19.4 Å². The van der Waals surface area contributed by atoms with Crippen molar-refractivity contribution in [3.8, 4) is 0 Å². The third kappa shape index (κ3) is 4.72. The van der Waals surface area contributed by atoms with E-state index in [1.807, 2.05) is 11.3 Å². The van der Waals surface area contributed by atoms with Gasteiger partial charge in [-0.05, 0) is 36.8 Å². The lowest BCUT2D eigenvalue weighted by Gasteiger charge is -2.32. The summed E-state index contributed by atoms with van der Waals surface area (Å²) in [5.41, 5.74) is 0. The molecule has 1 N–H and O–H groups in total. The van der Waals surface area contributed by atoms with Crippen LogP contribution in [0.4, 0.5) is 11.6 Å². The maximum atomic E-state index is 5.42. The zero-order chi connectivity index (χ0) is 17.6. The smallest absolute Gasteiger partial charge is 0.134 e. The van der Waals surface area contributed by atoms with Gasteiger partial charge in [-0.15, -0.1) is 11.3 Å². The number of piperidine rings is 1. The van der Waals surface area contributed by atoms with Crippen LogP contribution in [0.2, 0.25) is 0 Å². The van der Waals surface area contributed by atoms with E-state index in [9.17, 15) is 0 Å². The van der Waals surface area contributed by atoms with Crippen molar-refractivity contribution in [3.05, 3.63) is 34.8 Å². The van der Waals surface area contributed by atoms with Crippen molar-refractivity contribution in [2.24, 2.45) is 5.92 Å². The molecular formula is C19H27N5OS. The Morgan fingerprint density at radius 1 is 1.23 bits per heavy atom. The van der Waals surface area contributed by atoms with E-state index in [4.69, 9.17) is 4.74 Å². The summed E-state index contributed by atoms with van der Waals surface area (Å²) in [6.07, 6.45) is 4.23. The molecular weight excluding hydrogens is 346 g/mol. The van der Waals surface area contributed by atoms with Crippen molar-refractivity contribution in [3.63, 3.8) is 0 Å². The van der Waals surface area contributed by atoms with Gasteiger partial charge >= 0.3 is 0 Å². The standard InChI is InChI=1S/C19H27N5OS/c1-3-16(13-23(5-1)14-17-4-2-10-26-17)12-20-18-11-19(22-15-21-18)24-6-8-25-9-7-24/h2,4,10-11,15-16H,1,3,5-9,12-14H2,(H,20,21,22). The number of anilines is 2. The fourth-order valence-electron chi connectivity index (χ4n) is 3.74. The first-order valence-electron chi connectivity index (χ1n) is 9.50. The maximum Gasteiger partial charge on any atom is 0.134 e. The van der Waals surface area contributed by atoms with Gasteiger partial charge in [-0.25, -0.2) is 9.97 Å². The largest absolute Gasteiger partial charge is 0.378 e. The Kier molecular flexibility index (Phi) is 5.99. The molecule has 4 rings (SSSR count). The third-order valence-electron chi connectivity index (χ3n) is 5.12. The normalized spacial score (nSPS) is 21.7. The van der Waals surface area contributed by atoms with Gasteiger partial charge in [-0.3, -0.25) is 4.90 Å². The molecule has 2 aliphatic heterocycles. The van der Waals surface area contributed by atoms with Crippen LogP contribution in [-0.4, -0.2) is 60.8 Å². The van der Waals surface area contributed by atoms with Crippen molar-refractivity contribution in [1.29, 1.82) is 0 Å². The quantitative estimate of drug-likeness (QED) is 0.840. The summed E-state index contributed by atoms with van der Waals surface area (Å²) in [5.74, 6) is 2.59. The van der Waals surface area contributed by atoms with Gasteiger partial charge in [-0.2, -0.15) is 0 Å². The summed E-state index contributed by atoms with van der Waals surface area (Å²) in [6.45, 7) is 7.77. The maximum absolute atomic E-state index is 5.42. The minimum atomic E-state index is 0.672. The van der Waals surface area contributed by atoms with E-state index in [1.165, 1.54) is 24.3 Å². The van der Waals surface area contributed by atoms with Gasteiger partial charge in [0.15, 0.2) is 0 Å². The molecule has 2 fully saturated rings. The van der Waals surface area contributed by atoms with Gasteiger partial charge in [0.25, 0.3) is 0 Å². The summed E-state index contributed by atoms with van der Waals surface area (Å²) in [4.78, 5) is 15.1. The highest BCUT2D eigenvalue weighted by Crippen LogP contribution is 2.21. The van der Waals surface area contributed by atoms with Crippen molar-refractivity contribution in [2.75, 3.05) is 56.2 Å². The number of aromatic nitrogens is 2. The van der Waals surface area contributed by atoms with Crippen LogP contribution in [-0.2, 0) is 11.3 Å². The number of thiophene rings is 1. The summed E-state index contributed by atoms with van der Waals surface area (Å²) in [7, 11) is 0. The molecule has 2 aliphatic rings. The molecule has 0 aromatic carbocycles. The Bertz CT molecular complexity index is 674. The zero-order valence-electron chi connectivity index (χ0n) is 15.1. The van der Waals surface area contributed by atoms with Gasteiger partial charge in [0.2, 0.25) is 0 Å². The van der Waals surface area contributed by atoms with Crippen LogP contribution in [0.5, 0.6) is 0 Å². The Morgan fingerprint density at radius 2 is 2.15 bits per heavy atom. The molecule has 4 heterocycles. The summed E-state index contributed by atoms with van der Waals surface area (Å²) < 4.78 is 5.42. The molecule has 0 bridgehead atoms. The van der Waals surface area contributed by atoms with E-state index < -0.39 is 0 Å². The number of nitrogens with zero attached hydrogens (tertiary/aromatic N) is 4. The molecule has 0 spiro atoms. The lowest BCUT2D eigenvalue weighted by molar-refractivity contribution is 0.122. The molecule has 140 valence electrons. The van der Waals surface area contributed by atoms with E-state index in [0.29, 0.717) is 5.92 Å². The Morgan fingerprint density at radius 3 is 3.00 bits per heavy atom. The second-order valence-corrected chi connectivity index (χ2v) is 8.10. The van der Waals surface area contributed by atoms with Gasteiger partial charge in [0, 0.05) is 43.7 Å². The molecule has 1 unspecified atom stereocenters. The predicted molar refractivity (Wildman–Crippen MR) is 106 cm³/mol. The fourth-order valence-corrected chi connectivity index (χ4v) is 4.49. The molecule has 0 radical (unpaired) electrons. The van der Waals surface area contributed by atoms with Crippen LogP contribution in [0, 0.1) is 5.92 Å². The number of nitrogens with one attached hydrogen (secondary N) is 1. The number of hydrogen-bond donors (Lipinski definition) is 1. The number of ether oxygens (including phenoxy) is 1. The Labute approximate surface area is 159 Å². The van der Waals surface area contributed by atoms with Crippen LogP contribution in [0.1, 0.15) is 17.7 Å². The first-order chi connectivity index (χ1) is 12.9. The Hall–Kier alpha value is -1.70. The van der Waals surface area contributed by atoms with Crippen LogP contribution in [0.25, 0.3) is 0 Å². The van der Waals surface area contributed by atoms with Crippen LogP contribution < -0.4 is 10.2 Å². The monoisotopic (exact) mass is 373 g/mol. The number of morpholine rings is 1. The number of likely N-dealkylation sites (tertiary alicyclic amines) is 1. The minimum Gasteiger partial charge on any atom is -0.378 e. The average Bonchev–Trinajstić information content (AvgIpc) is 3.21. The molecule has 26 heavy (non-hydrogen) atoms. The average molecular weight is 374 g/mol. The first-order valence-corrected chi connectivity index (χ1v) is 10.4. The summed E-state index contributed by atoms with van der Waals surface area (Å²) >= 11 is 1.86. The van der Waals surface area contributed by atoms with Gasteiger partial charge < -0.3 is 15.0 Å². The summed E-state index contributed by atoms with van der Waals surface area (Å²) in [6, 6.07) is 6.45. The highest BCUT2D eigenvalue weighted by Gasteiger charge is 2.20. The predicted octanol–water partition coefficient (Wildman–Crippen LogP) is 2.70. The number of rotatable bonds is 6. The first kappa shape index (κ1) is 17.7. The molecule has 6 nitrogen and oxygen atoms in total. The second-order valence-electron chi connectivity index (χ2n) is 7.06. The van der Waals surface area contributed by atoms with E-state index in [0.717, 1.165) is 57.6 Å². The van der Waals surface area contributed by atoms with Gasteiger partial charge in [0.05, 0.1) is 13.2 Å². The van der Waals surface area contributed by atoms with E-state index >= 15 is 0 Å². The van der Waals surface area contributed by atoms with Gasteiger partial charge in [0.1, 0.15) is 18.0 Å². The molecule has 1 atom stereocenters. The van der Waals surface area contributed by atoms with Crippen LogP contribution in [0.3, 0.4) is 0 Å². The van der Waals surface area contributed by atoms with Gasteiger partial charge in [-0.1, -0.05) is 6.07 Å². The highest BCUT2D eigenvalue weighted by molar-refractivity contribution is 7.09. The Balaban J connectivity index is 1.29. The molecule has 0 amide bonds. The van der Waals surface area contributed by atoms with E-state index in [-0.39, 0.29) is 0 Å². The minimum absolute atomic E-state index is 0.672. The lowest BCUT2D eigenvalue weighted by atomic mass is 9.98. The molecule has 0 aliphatic carbocycles. The van der Waals surface area contributed by atoms with Crippen molar-refractivity contribution >= 4 is 23.0 Å². The van der Waals surface area contributed by atoms with Crippen molar-refractivity contribution < 1.29 is 4.74 Å². The summed E-state index contributed by atoms with van der Waals surface area (Å²) in [5, 5.41) is 5.71. The fraction of sp³-hybridized carbons (Fsp3) is 0.579. The second kappa shape index (κ2) is 8.79. The van der Waals surface area contributed by atoms with Crippen LogP contribution in [0.15, 0.2) is 29.9 Å². The zero-order valence-corrected chi connectivity index (χ0v) is 16.0. The highest BCUT2D eigenvalue weighted by atomic mass is 32.1. The molecule has 2 aromatic rings. The van der Waals surface area contributed by atoms with Crippen molar-refractivity contribution in [1.82, 2.24) is 14.9 Å².